The molecule has 0 spiro atoms. The van der Waals surface area contributed by atoms with Crippen molar-refractivity contribution in [3.63, 3.8) is 0 Å². The lowest BCUT2D eigenvalue weighted by atomic mass is 10.1. The van der Waals surface area contributed by atoms with Gasteiger partial charge in [-0.15, -0.1) is 8.78 Å². The standard InChI is InChI=1S/C23H25ClF2N4O4/c24-23(25,26)34-18-7-5-16(6-8-18)28-22(33)15-11-19(29-21(32)14-3-1-2-4-14)20(27-12-15)30-10-9-17(31)13-30/h5-8,11-12,14,17,31H,1-4,9-10,13H2,(H,28,33)(H,29,32). The van der Waals surface area contributed by atoms with Gasteiger partial charge in [0.25, 0.3) is 5.91 Å². The van der Waals surface area contributed by atoms with Crippen LogP contribution in [0.4, 0.5) is 26.0 Å². The van der Waals surface area contributed by atoms with Crippen LogP contribution < -0.4 is 20.3 Å². The summed E-state index contributed by atoms with van der Waals surface area (Å²) in [7, 11) is 0. The van der Waals surface area contributed by atoms with Crippen LogP contribution in [0.1, 0.15) is 42.5 Å². The molecule has 2 aromatic rings. The van der Waals surface area contributed by atoms with Gasteiger partial charge in [0.1, 0.15) is 5.75 Å². The highest BCUT2D eigenvalue weighted by molar-refractivity contribution is 6.20. The molecule has 1 aromatic heterocycles. The van der Waals surface area contributed by atoms with Gasteiger partial charge in [-0.25, -0.2) is 4.98 Å². The van der Waals surface area contributed by atoms with E-state index in [4.69, 9.17) is 11.6 Å². The highest BCUT2D eigenvalue weighted by Crippen LogP contribution is 2.31. The van der Waals surface area contributed by atoms with E-state index in [1.54, 1.807) is 6.07 Å². The second kappa shape index (κ2) is 10.1. The maximum absolute atomic E-state index is 12.8. The van der Waals surface area contributed by atoms with Crippen molar-refractivity contribution in [3.05, 3.63) is 42.1 Å². The van der Waals surface area contributed by atoms with E-state index in [1.807, 2.05) is 4.90 Å². The van der Waals surface area contributed by atoms with Gasteiger partial charge < -0.3 is 25.4 Å². The Balaban J connectivity index is 1.51. The van der Waals surface area contributed by atoms with E-state index < -0.39 is 17.6 Å². The first kappa shape index (κ1) is 24.2. The van der Waals surface area contributed by atoms with Crippen molar-refractivity contribution >= 4 is 40.6 Å². The molecule has 1 aliphatic carbocycles. The average Bonchev–Trinajstić information content (AvgIpc) is 3.46. The van der Waals surface area contributed by atoms with Crippen molar-refractivity contribution in [2.45, 2.75) is 43.8 Å². The summed E-state index contributed by atoms with van der Waals surface area (Å²) in [5, 5.41) is 15.5. The quantitative estimate of drug-likeness (QED) is 0.498. The second-order valence-corrected chi connectivity index (χ2v) is 8.92. The third-order valence-corrected chi connectivity index (χ3v) is 6.00. The molecule has 1 atom stereocenters. The van der Waals surface area contributed by atoms with Crippen LogP contribution >= 0.6 is 11.6 Å². The molecule has 2 heterocycles. The Morgan fingerprint density at radius 1 is 1.15 bits per heavy atom. The van der Waals surface area contributed by atoms with E-state index in [-0.39, 0.29) is 23.1 Å². The molecular weight excluding hydrogens is 470 g/mol. The van der Waals surface area contributed by atoms with Gasteiger partial charge in [0.2, 0.25) is 5.91 Å². The van der Waals surface area contributed by atoms with Crippen LogP contribution in [-0.4, -0.2) is 46.7 Å². The monoisotopic (exact) mass is 494 g/mol. The molecule has 4 rings (SSSR count). The fraction of sp³-hybridized carbons (Fsp3) is 0.435. The molecule has 11 heteroatoms. The van der Waals surface area contributed by atoms with Crippen LogP contribution in [0.2, 0.25) is 0 Å². The van der Waals surface area contributed by atoms with Gasteiger partial charge in [-0.2, -0.15) is 0 Å². The Labute approximate surface area is 200 Å². The smallest absolute Gasteiger partial charge is 0.420 e. The van der Waals surface area contributed by atoms with Gasteiger partial charge in [-0.3, -0.25) is 9.59 Å². The van der Waals surface area contributed by atoms with Crippen LogP contribution in [0.15, 0.2) is 36.5 Å². The molecule has 1 unspecified atom stereocenters. The number of pyridine rings is 1. The van der Waals surface area contributed by atoms with Gasteiger partial charge in [0, 0.05) is 42.5 Å². The number of aliphatic hydroxyl groups excluding tert-OH is 1. The van der Waals surface area contributed by atoms with Crippen LogP contribution in [-0.2, 0) is 4.79 Å². The fourth-order valence-corrected chi connectivity index (χ4v) is 4.31. The lowest BCUT2D eigenvalue weighted by molar-refractivity contribution is -0.119. The predicted octanol–water partition coefficient (Wildman–Crippen LogP) is 4.20. The molecule has 0 radical (unpaired) electrons. The van der Waals surface area contributed by atoms with E-state index in [1.165, 1.54) is 30.5 Å². The van der Waals surface area contributed by atoms with E-state index in [9.17, 15) is 23.5 Å². The summed E-state index contributed by atoms with van der Waals surface area (Å²) in [6, 6.07) is 6.84. The van der Waals surface area contributed by atoms with Crippen LogP contribution in [0.5, 0.6) is 5.75 Å². The van der Waals surface area contributed by atoms with Crippen LogP contribution in [0.3, 0.4) is 0 Å². The SMILES string of the molecule is O=C(Nc1ccc(OC(F)(F)Cl)cc1)c1cnc(N2CCC(O)C2)c(NC(=O)C2CCCC2)c1. The normalized spacial score (nSPS) is 18.7. The number of halogens is 3. The summed E-state index contributed by atoms with van der Waals surface area (Å²) in [6.07, 6.45) is 5.18. The number of hydrogen-bond donors (Lipinski definition) is 3. The van der Waals surface area contributed by atoms with Crippen molar-refractivity contribution in [1.29, 1.82) is 0 Å². The fourth-order valence-electron chi connectivity index (χ4n) is 4.23. The van der Waals surface area contributed by atoms with Gasteiger partial charge in [0.15, 0.2) is 5.82 Å². The Morgan fingerprint density at radius 3 is 2.47 bits per heavy atom. The number of nitrogens with one attached hydrogen (secondary N) is 2. The second-order valence-electron chi connectivity index (χ2n) is 8.48. The molecule has 2 aliphatic rings. The minimum absolute atomic E-state index is 0.0735. The number of carbonyl (C=O) groups is 2. The number of ether oxygens (including phenoxy) is 1. The topological polar surface area (TPSA) is 104 Å². The number of rotatable bonds is 7. The number of amides is 2. The Bertz CT molecular complexity index is 1040. The van der Waals surface area contributed by atoms with Gasteiger partial charge in [-0.1, -0.05) is 12.8 Å². The predicted molar refractivity (Wildman–Crippen MR) is 123 cm³/mol. The number of aromatic nitrogens is 1. The Kier molecular flexibility index (Phi) is 7.18. The first-order valence-electron chi connectivity index (χ1n) is 11.1. The number of benzene rings is 1. The molecule has 2 fully saturated rings. The summed E-state index contributed by atoms with van der Waals surface area (Å²) < 4.78 is 29.8. The molecule has 34 heavy (non-hydrogen) atoms. The van der Waals surface area contributed by atoms with Crippen molar-refractivity contribution in [3.8, 4) is 5.75 Å². The van der Waals surface area contributed by atoms with Gasteiger partial charge in [0.05, 0.1) is 17.4 Å². The van der Waals surface area contributed by atoms with Crippen LogP contribution in [0, 0.1) is 5.92 Å². The molecule has 1 aliphatic heterocycles. The molecule has 1 saturated heterocycles. The number of anilines is 3. The molecule has 1 aromatic carbocycles. The maximum Gasteiger partial charge on any atom is 0.487 e. The van der Waals surface area contributed by atoms with E-state index >= 15 is 0 Å². The van der Waals surface area contributed by atoms with Crippen molar-refractivity contribution < 1.29 is 28.2 Å². The zero-order valence-electron chi connectivity index (χ0n) is 18.3. The highest BCUT2D eigenvalue weighted by Gasteiger charge is 2.29. The average molecular weight is 495 g/mol. The lowest BCUT2D eigenvalue weighted by Crippen LogP contribution is -2.27. The van der Waals surface area contributed by atoms with E-state index in [0.29, 0.717) is 36.7 Å². The number of aliphatic hydroxyl groups is 1. The zero-order valence-corrected chi connectivity index (χ0v) is 19.0. The van der Waals surface area contributed by atoms with Crippen molar-refractivity contribution in [2.24, 2.45) is 5.92 Å². The molecular formula is C23H25ClF2N4O4. The summed E-state index contributed by atoms with van der Waals surface area (Å²) in [5.41, 5.74) is -2.87. The molecule has 1 saturated carbocycles. The minimum atomic E-state index is -3.83. The first-order valence-corrected chi connectivity index (χ1v) is 11.5. The van der Waals surface area contributed by atoms with E-state index in [0.717, 1.165) is 25.7 Å². The summed E-state index contributed by atoms with van der Waals surface area (Å²) >= 11 is 4.75. The largest absolute Gasteiger partial charge is 0.487 e. The number of hydrogen-bond acceptors (Lipinski definition) is 6. The number of carbonyl (C=O) groups excluding carboxylic acids is 2. The van der Waals surface area contributed by atoms with Gasteiger partial charge in [-0.05, 0) is 49.6 Å². The number of nitrogens with zero attached hydrogens (tertiary/aromatic N) is 2. The third kappa shape index (κ3) is 6.12. The molecule has 3 N–H and O–H groups in total. The van der Waals surface area contributed by atoms with Gasteiger partial charge >= 0.3 is 5.57 Å². The number of β-amino-alcohol motifs (C(OH)–C–C–N with tert-alkyl or cyclic N) is 1. The van der Waals surface area contributed by atoms with Crippen molar-refractivity contribution in [2.75, 3.05) is 28.6 Å². The first-order chi connectivity index (χ1) is 16.2. The maximum atomic E-state index is 12.8. The number of alkyl halides is 3. The van der Waals surface area contributed by atoms with Crippen LogP contribution in [0.25, 0.3) is 0 Å². The molecule has 0 bridgehead atoms. The summed E-state index contributed by atoms with van der Waals surface area (Å²) in [5.74, 6) is -0.329. The molecule has 8 nitrogen and oxygen atoms in total. The summed E-state index contributed by atoms with van der Waals surface area (Å²) in [6.45, 7) is 0.975. The Morgan fingerprint density at radius 2 is 1.85 bits per heavy atom. The molecule has 182 valence electrons. The minimum Gasteiger partial charge on any atom is -0.420 e. The van der Waals surface area contributed by atoms with Crippen molar-refractivity contribution in [1.82, 2.24) is 4.98 Å². The summed E-state index contributed by atoms with van der Waals surface area (Å²) in [4.78, 5) is 31.9. The third-order valence-electron chi connectivity index (χ3n) is 5.92. The molecule has 2 amide bonds. The lowest BCUT2D eigenvalue weighted by Gasteiger charge is -2.22. The highest BCUT2D eigenvalue weighted by atomic mass is 35.5. The zero-order chi connectivity index (χ0) is 24.3. The Hall–Kier alpha value is -2.98. The van der Waals surface area contributed by atoms with E-state index in [2.05, 4.69) is 20.4 Å².